The van der Waals surface area contributed by atoms with Crippen molar-refractivity contribution in [3.05, 3.63) is 29.7 Å². The van der Waals surface area contributed by atoms with Gasteiger partial charge in [0, 0.05) is 32.3 Å². The summed E-state index contributed by atoms with van der Waals surface area (Å²) >= 11 is 0. The van der Waals surface area contributed by atoms with Crippen LogP contribution in [-0.2, 0) is 17.7 Å². The Morgan fingerprint density at radius 1 is 1.38 bits per heavy atom. The van der Waals surface area contributed by atoms with Crippen molar-refractivity contribution in [1.29, 1.82) is 0 Å². The Bertz CT molecular complexity index is 752. The Kier molecular flexibility index (Phi) is 5.01. The molecule has 2 aromatic rings. The maximum Gasteiger partial charge on any atom is 0.272 e. The van der Waals surface area contributed by atoms with E-state index in [1.165, 1.54) is 12.8 Å². The predicted octanol–water partition coefficient (Wildman–Crippen LogP) is 2.23. The van der Waals surface area contributed by atoms with Crippen LogP contribution < -0.4 is 0 Å². The van der Waals surface area contributed by atoms with Gasteiger partial charge in [-0.3, -0.25) is 9.48 Å². The average Bonchev–Trinajstić information content (AvgIpc) is 3.10. The van der Waals surface area contributed by atoms with Crippen LogP contribution >= 0.6 is 0 Å². The number of likely N-dealkylation sites (tertiary alicyclic amines) is 1. The molecule has 1 aliphatic carbocycles. The molecule has 1 saturated heterocycles. The number of hydrogen-bond donors (Lipinski definition) is 0. The summed E-state index contributed by atoms with van der Waals surface area (Å²) in [7, 11) is 0. The second-order valence-electron chi connectivity index (χ2n) is 7.01. The Morgan fingerprint density at radius 2 is 2.27 bits per heavy atom. The predicted molar refractivity (Wildman–Crippen MR) is 92.5 cm³/mol. The number of rotatable bonds is 8. The van der Waals surface area contributed by atoms with Gasteiger partial charge in [0.1, 0.15) is 11.7 Å². The lowest BCUT2D eigenvalue weighted by molar-refractivity contribution is 0.0697. The van der Waals surface area contributed by atoms with Crippen molar-refractivity contribution in [2.45, 2.75) is 51.6 Å². The van der Waals surface area contributed by atoms with Gasteiger partial charge in [-0.1, -0.05) is 5.16 Å². The van der Waals surface area contributed by atoms with Gasteiger partial charge in [-0.25, -0.2) is 0 Å². The van der Waals surface area contributed by atoms with E-state index in [1.807, 2.05) is 11.8 Å². The molecule has 8 heteroatoms. The summed E-state index contributed by atoms with van der Waals surface area (Å²) in [5, 5.41) is 8.25. The minimum absolute atomic E-state index is 0.0284. The monoisotopic (exact) mass is 359 g/mol. The number of aryl methyl sites for hydroxylation is 1. The van der Waals surface area contributed by atoms with Crippen molar-refractivity contribution >= 4 is 5.91 Å². The first-order valence-corrected chi connectivity index (χ1v) is 9.49. The van der Waals surface area contributed by atoms with Gasteiger partial charge in [-0.05, 0) is 44.6 Å². The zero-order valence-corrected chi connectivity index (χ0v) is 15.1. The largest absolute Gasteiger partial charge is 0.381 e. The fourth-order valence-electron chi connectivity index (χ4n) is 3.38. The van der Waals surface area contributed by atoms with Crippen LogP contribution in [0.1, 0.15) is 60.9 Å². The molecule has 1 aliphatic heterocycles. The fraction of sp³-hybridized carbons (Fsp3) is 0.667. The van der Waals surface area contributed by atoms with E-state index in [-0.39, 0.29) is 11.9 Å². The van der Waals surface area contributed by atoms with Crippen molar-refractivity contribution in [3.8, 4) is 0 Å². The second kappa shape index (κ2) is 7.57. The summed E-state index contributed by atoms with van der Waals surface area (Å²) < 4.78 is 12.8. The molecule has 3 heterocycles. The Balaban J connectivity index is 1.39. The third-order valence-electron chi connectivity index (χ3n) is 5.04. The molecule has 1 saturated carbocycles. The molecular formula is C18H25N5O3. The highest BCUT2D eigenvalue weighted by molar-refractivity contribution is 5.93. The van der Waals surface area contributed by atoms with E-state index in [0.717, 1.165) is 25.4 Å². The van der Waals surface area contributed by atoms with E-state index in [0.29, 0.717) is 43.5 Å². The van der Waals surface area contributed by atoms with Crippen LogP contribution in [0.2, 0.25) is 0 Å². The lowest BCUT2D eigenvalue weighted by atomic mass is 10.2. The maximum absolute atomic E-state index is 12.9. The number of carbonyl (C=O) groups is 1. The summed E-state index contributed by atoms with van der Waals surface area (Å²) in [5.41, 5.74) is 0.604. The summed E-state index contributed by atoms with van der Waals surface area (Å²) in [6, 6.07) is 1.61. The Labute approximate surface area is 152 Å². The standard InChI is InChI=1S/C18H25N5O3/c1-2-23-15(7-9-19-23)18(24)22-10-3-4-14(22)17-20-16(21-26-17)8-11-25-12-13-5-6-13/h7,9,13-14H,2-6,8,10-12H2,1H3. The SMILES string of the molecule is CCn1nccc1C(=O)N1CCCC1c1nc(CCOCC2CC2)no1. The Hall–Kier alpha value is -2.22. The Morgan fingerprint density at radius 3 is 3.08 bits per heavy atom. The van der Waals surface area contributed by atoms with Crippen molar-refractivity contribution in [2.24, 2.45) is 5.92 Å². The van der Waals surface area contributed by atoms with E-state index >= 15 is 0 Å². The molecule has 0 radical (unpaired) electrons. The molecule has 4 rings (SSSR count). The summed E-state index contributed by atoms with van der Waals surface area (Å²) in [4.78, 5) is 19.2. The number of ether oxygens (including phenoxy) is 1. The van der Waals surface area contributed by atoms with Gasteiger partial charge in [0.15, 0.2) is 5.82 Å². The molecule has 1 unspecified atom stereocenters. The smallest absolute Gasteiger partial charge is 0.272 e. The normalized spacial score (nSPS) is 20.0. The molecule has 0 aromatic carbocycles. The molecule has 0 bridgehead atoms. The summed E-state index contributed by atoms with van der Waals surface area (Å²) in [5.74, 6) is 1.90. The van der Waals surface area contributed by atoms with Gasteiger partial charge >= 0.3 is 0 Å². The lowest BCUT2D eigenvalue weighted by Gasteiger charge is -2.22. The molecule has 2 fully saturated rings. The molecule has 140 valence electrons. The molecule has 26 heavy (non-hydrogen) atoms. The topological polar surface area (TPSA) is 86.3 Å². The van der Waals surface area contributed by atoms with Crippen LogP contribution in [-0.4, -0.2) is 50.5 Å². The minimum atomic E-state index is -0.156. The highest BCUT2D eigenvalue weighted by Crippen LogP contribution is 2.32. The van der Waals surface area contributed by atoms with Crippen LogP contribution in [0, 0.1) is 5.92 Å². The number of nitrogens with zero attached hydrogens (tertiary/aromatic N) is 5. The third kappa shape index (κ3) is 3.65. The van der Waals surface area contributed by atoms with Crippen LogP contribution in [0.5, 0.6) is 0 Å². The number of carbonyl (C=O) groups excluding carboxylic acids is 1. The van der Waals surface area contributed by atoms with Crippen LogP contribution in [0.25, 0.3) is 0 Å². The molecule has 2 aromatic heterocycles. The van der Waals surface area contributed by atoms with Crippen molar-refractivity contribution in [1.82, 2.24) is 24.8 Å². The molecule has 8 nitrogen and oxygen atoms in total. The van der Waals surface area contributed by atoms with Crippen LogP contribution in [0.4, 0.5) is 0 Å². The van der Waals surface area contributed by atoms with Gasteiger partial charge in [-0.2, -0.15) is 10.1 Å². The zero-order valence-electron chi connectivity index (χ0n) is 15.1. The van der Waals surface area contributed by atoms with E-state index in [1.54, 1.807) is 16.9 Å². The first-order chi connectivity index (χ1) is 12.8. The van der Waals surface area contributed by atoms with Crippen LogP contribution in [0.3, 0.4) is 0 Å². The molecular weight excluding hydrogens is 334 g/mol. The van der Waals surface area contributed by atoms with E-state index < -0.39 is 0 Å². The molecule has 0 N–H and O–H groups in total. The quantitative estimate of drug-likeness (QED) is 0.672. The van der Waals surface area contributed by atoms with Gasteiger partial charge in [0.05, 0.1) is 6.61 Å². The summed E-state index contributed by atoms with van der Waals surface area (Å²) in [6.07, 6.45) is 6.64. The lowest BCUT2D eigenvalue weighted by Crippen LogP contribution is -2.32. The van der Waals surface area contributed by atoms with Crippen molar-refractivity contribution < 1.29 is 14.1 Å². The van der Waals surface area contributed by atoms with Crippen LogP contribution in [0.15, 0.2) is 16.8 Å². The van der Waals surface area contributed by atoms with E-state index in [2.05, 4.69) is 15.2 Å². The van der Waals surface area contributed by atoms with Crippen molar-refractivity contribution in [3.63, 3.8) is 0 Å². The van der Waals surface area contributed by atoms with E-state index in [9.17, 15) is 4.79 Å². The highest BCUT2D eigenvalue weighted by atomic mass is 16.5. The van der Waals surface area contributed by atoms with Gasteiger partial charge in [0.2, 0.25) is 5.89 Å². The third-order valence-corrected chi connectivity index (χ3v) is 5.04. The first kappa shape index (κ1) is 17.2. The molecule has 1 amide bonds. The second-order valence-corrected chi connectivity index (χ2v) is 7.01. The molecule has 2 aliphatic rings. The number of aromatic nitrogens is 4. The fourth-order valence-corrected chi connectivity index (χ4v) is 3.38. The van der Waals surface area contributed by atoms with Crippen molar-refractivity contribution in [2.75, 3.05) is 19.8 Å². The number of hydrogen-bond acceptors (Lipinski definition) is 6. The highest BCUT2D eigenvalue weighted by Gasteiger charge is 2.35. The minimum Gasteiger partial charge on any atom is -0.381 e. The zero-order chi connectivity index (χ0) is 17.9. The maximum atomic E-state index is 12.9. The van der Waals surface area contributed by atoms with Gasteiger partial charge in [0.25, 0.3) is 5.91 Å². The first-order valence-electron chi connectivity index (χ1n) is 9.49. The van der Waals surface area contributed by atoms with E-state index in [4.69, 9.17) is 9.26 Å². The van der Waals surface area contributed by atoms with Gasteiger partial charge < -0.3 is 14.2 Å². The molecule has 0 spiro atoms. The van der Waals surface area contributed by atoms with Gasteiger partial charge in [-0.15, -0.1) is 0 Å². The summed E-state index contributed by atoms with van der Waals surface area (Å²) in [6.45, 7) is 4.78. The average molecular weight is 359 g/mol. The number of amides is 1. The molecule has 1 atom stereocenters.